The number of aliphatic hydroxyl groups is 2. The lowest BCUT2D eigenvalue weighted by atomic mass is 10.0. The van der Waals surface area contributed by atoms with Crippen molar-refractivity contribution < 1.29 is 33.1 Å². The van der Waals surface area contributed by atoms with Gasteiger partial charge in [0.15, 0.2) is 0 Å². The highest BCUT2D eigenvalue weighted by molar-refractivity contribution is 7.88. The molecule has 0 aromatic rings. The summed E-state index contributed by atoms with van der Waals surface area (Å²) in [7, 11) is -5.12. The molecule has 0 saturated heterocycles. The fourth-order valence-corrected chi connectivity index (χ4v) is 1.93. The number of hydrogen-bond acceptors (Lipinski definition) is 5. The maximum absolute atomic E-state index is 10.8. The van der Waals surface area contributed by atoms with Crippen molar-refractivity contribution in [3.63, 3.8) is 0 Å². The van der Waals surface area contributed by atoms with E-state index in [1.165, 1.54) is 6.92 Å². The summed E-state index contributed by atoms with van der Waals surface area (Å²) in [5, 5.41) is 25.9. The number of aliphatic hydroxyl groups excluding tert-OH is 1. The topological polar surface area (TPSA) is 132 Å². The first-order valence-corrected chi connectivity index (χ1v) is 5.10. The van der Waals surface area contributed by atoms with E-state index in [1.807, 2.05) is 0 Å². The molecule has 0 saturated carbocycles. The lowest BCUT2D eigenvalue weighted by molar-refractivity contribution is -0.144. The molecule has 0 spiro atoms. The first-order valence-electron chi connectivity index (χ1n) is 3.66. The Labute approximate surface area is 80.7 Å². The van der Waals surface area contributed by atoms with Crippen molar-refractivity contribution in [2.24, 2.45) is 0 Å². The molecular weight excluding hydrogens is 216 g/mol. The Balaban J connectivity index is 5.52. The van der Waals surface area contributed by atoms with Crippen LogP contribution in [0.5, 0.6) is 0 Å². The Morgan fingerprint density at radius 2 is 1.71 bits per heavy atom. The minimum absolute atomic E-state index is 0.0384. The molecule has 0 aliphatic heterocycles. The summed E-state index contributed by atoms with van der Waals surface area (Å²) in [6, 6.07) is 0. The minimum atomic E-state index is -5.12. The van der Waals surface area contributed by atoms with Crippen molar-refractivity contribution in [1.82, 2.24) is 0 Å². The Morgan fingerprint density at radius 1 is 1.29 bits per heavy atom. The lowest BCUT2D eigenvalue weighted by Crippen LogP contribution is -2.51. The van der Waals surface area contributed by atoms with Gasteiger partial charge >= 0.3 is 5.97 Å². The van der Waals surface area contributed by atoms with Gasteiger partial charge in [-0.05, 0) is 6.42 Å². The zero-order valence-corrected chi connectivity index (χ0v) is 8.15. The molecule has 1 unspecified atom stereocenters. The summed E-state index contributed by atoms with van der Waals surface area (Å²) in [4.78, 5) is 10.6. The summed E-state index contributed by atoms with van der Waals surface area (Å²) >= 11 is 0. The van der Waals surface area contributed by atoms with Crippen molar-refractivity contribution >= 4 is 16.1 Å². The van der Waals surface area contributed by atoms with Gasteiger partial charge in [0.05, 0.1) is 0 Å². The highest BCUT2D eigenvalue weighted by Gasteiger charge is 2.57. The van der Waals surface area contributed by atoms with Gasteiger partial charge in [0.1, 0.15) is 0 Å². The van der Waals surface area contributed by atoms with Gasteiger partial charge in [0.25, 0.3) is 21.2 Å². The van der Waals surface area contributed by atoms with Crippen LogP contribution in [0.1, 0.15) is 19.8 Å². The zero-order valence-electron chi connectivity index (χ0n) is 7.34. The smallest absolute Gasteiger partial charge is 0.333 e. The third-order valence-corrected chi connectivity index (χ3v) is 3.19. The molecule has 8 heteroatoms. The van der Waals surface area contributed by atoms with E-state index in [9.17, 15) is 13.2 Å². The second-order valence-electron chi connectivity index (χ2n) is 2.68. The number of carboxylic acids is 1. The molecule has 0 aromatic carbocycles. The monoisotopic (exact) mass is 227 g/mol. The SMILES string of the molecule is CCCC([C](O)O)(C(=O)O)S(=O)(=O)O. The first-order chi connectivity index (χ1) is 6.20. The van der Waals surface area contributed by atoms with Crippen molar-refractivity contribution in [2.75, 3.05) is 0 Å². The number of carboxylic acid groups (broad SMARTS) is 1. The van der Waals surface area contributed by atoms with Crippen LogP contribution in [0, 0.1) is 6.29 Å². The van der Waals surface area contributed by atoms with Crippen LogP contribution in [0.4, 0.5) is 0 Å². The van der Waals surface area contributed by atoms with Crippen LogP contribution in [0.25, 0.3) is 0 Å². The number of aliphatic carboxylic acids is 1. The molecule has 0 aliphatic rings. The number of hydrogen-bond donors (Lipinski definition) is 4. The predicted molar refractivity (Wildman–Crippen MR) is 43.9 cm³/mol. The first kappa shape index (κ1) is 13.3. The molecule has 83 valence electrons. The van der Waals surface area contributed by atoms with Crippen LogP contribution in [0.3, 0.4) is 0 Å². The third-order valence-electron chi connectivity index (χ3n) is 1.75. The molecule has 0 bridgehead atoms. The normalized spacial score (nSPS) is 16.6. The molecule has 0 aromatic heterocycles. The van der Waals surface area contributed by atoms with E-state index in [-0.39, 0.29) is 6.42 Å². The predicted octanol–water partition coefficient (Wildman–Crippen LogP) is -0.268. The van der Waals surface area contributed by atoms with Crippen molar-refractivity contribution in [1.29, 1.82) is 0 Å². The second kappa shape index (κ2) is 4.22. The highest BCUT2D eigenvalue weighted by atomic mass is 32.2. The zero-order chi connectivity index (χ0) is 11.6. The highest BCUT2D eigenvalue weighted by Crippen LogP contribution is 2.30. The number of rotatable bonds is 5. The quantitative estimate of drug-likeness (QED) is 0.475. The molecule has 0 fully saturated rings. The van der Waals surface area contributed by atoms with Gasteiger partial charge in [-0.2, -0.15) is 8.42 Å². The largest absolute Gasteiger partial charge is 0.480 e. The summed E-state index contributed by atoms with van der Waals surface area (Å²) in [5.41, 5.74) is 0. The van der Waals surface area contributed by atoms with Gasteiger partial charge in [0, 0.05) is 0 Å². The lowest BCUT2D eigenvalue weighted by Gasteiger charge is -2.25. The minimum Gasteiger partial charge on any atom is -0.480 e. The van der Waals surface area contributed by atoms with Crippen LogP contribution < -0.4 is 0 Å². The standard InChI is InChI=1S/C6H11O7S/c1-2-3-6(4(7)8,5(9)10)14(11,12)13/h7-8H,2-3H2,1H3,(H,9,10)(H,11,12,13). The Kier molecular flexibility index (Phi) is 4.01. The molecule has 0 rings (SSSR count). The summed E-state index contributed by atoms with van der Waals surface area (Å²) in [6.07, 6.45) is -2.42. The molecule has 0 amide bonds. The molecule has 0 heterocycles. The average molecular weight is 227 g/mol. The van der Waals surface area contributed by atoms with Gasteiger partial charge in [-0.25, -0.2) is 0 Å². The second-order valence-corrected chi connectivity index (χ2v) is 4.33. The fraction of sp³-hybridized carbons (Fsp3) is 0.667. The molecule has 4 N–H and O–H groups in total. The van der Waals surface area contributed by atoms with Crippen LogP contribution >= 0.6 is 0 Å². The van der Waals surface area contributed by atoms with E-state index in [0.717, 1.165) is 0 Å². The third kappa shape index (κ3) is 2.03. The van der Waals surface area contributed by atoms with Gasteiger partial charge < -0.3 is 15.3 Å². The summed E-state index contributed by atoms with van der Waals surface area (Å²) < 4.78 is 27.1. The Bertz CT molecular complexity index is 306. The molecular formula is C6H11O7S. The van der Waals surface area contributed by atoms with Crippen LogP contribution in [-0.2, 0) is 14.9 Å². The maximum atomic E-state index is 10.8. The van der Waals surface area contributed by atoms with E-state index >= 15 is 0 Å². The van der Waals surface area contributed by atoms with Gasteiger partial charge in [-0.3, -0.25) is 9.35 Å². The fourth-order valence-electron chi connectivity index (χ4n) is 1.02. The molecule has 1 atom stereocenters. The van der Waals surface area contributed by atoms with Crippen LogP contribution in [-0.4, -0.2) is 39.0 Å². The average Bonchev–Trinajstić information content (AvgIpc) is 1.95. The summed E-state index contributed by atoms with van der Waals surface area (Å²) in [6.45, 7) is 1.44. The van der Waals surface area contributed by atoms with Gasteiger partial charge in [0.2, 0.25) is 0 Å². The Hall–Kier alpha value is -0.700. The Morgan fingerprint density at radius 3 is 1.79 bits per heavy atom. The van der Waals surface area contributed by atoms with Gasteiger partial charge in [-0.1, -0.05) is 13.3 Å². The van der Waals surface area contributed by atoms with Crippen LogP contribution in [0.15, 0.2) is 0 Å². The summed E-state index contributed by atoms with van der Waals surface area (Å²) in [5.74, 6) is -2.03. The molecule has 0 aliphatic carbocycles. The van der Waals surface area contributed by atoms with Gasteiger partial charge in [-0.15, -0.1) is 0 Å². The maximum Gasteiger partial charge on any atom is 0.333 e. The van der Waals surface area contributed by atoms with E-state index in [1.54, 1.807) is 0 Å². The van der Waals surface area contributed by atoms with Crippen LogP contribution in [0.2, 0.25) is 0 Å². The van der Waals surface area contributed by atoms with Crippen molar-refractivity contribution in [3.8, 4) is 0 Å². The van der Waals surface area contributed by atoms with Crippen molar-refractivity contribution in [2.45, 2.75) is 24.5 Å². The van der Waals surface area contributed by atoms with Crippen molar-refractivity contribution in [3.05, 3.63) is 6.29 Å². The van der Waals surface area contributed by atoms with E-state index < -0.39 is 33.5 Å². The van der Waals surface area contributed by atoms with E-state index in [0.29, 0.717) is 0 Å². The number of carbonyl (C=O) groups is 1. The molecule has 7 nitrogen and oxygen atoms in total. The molecule has 1 radical (unpaired) electrons. The molecule has 14 heavy (non-hydrogen) atoms. The van der Waals surface area contributed by atoms with E-state index in [2.05, 4.69) is 0 Å². The van der Waals surface area contributed by atoms with E-state index in [4.69, 9.17) is 19.9 Å².